The van der Waals surface area contributed by atoms with Crippen LogP contribution in [0.1, 0.15) is 12.6 Å². The zero-order valence-electron chi connectivity index (χ0n) is 18.4. The molecule has 1 aliphatic rings. The third-order valence-corrected chi connectivity index (χ3v) is 6.45. The molecule has 11 heteroatoms. The van der Waals surface area contributed by atoms with E-state index in [2.05, 4.69) is 15.1 Å². The molecule has 1 fully saturated rings. The third-order valence-electron chi connectivity index (χ3n) is 5.71. The first-order valence-electron chi connectivity index (χ1n) is 10.4. The van der Waals surface area contributed by atoms with Crippen molar-refractivity contribution >= 4 is 34.8 Å². The van der Waals surface area contributed by atoms with Crippen LogP contribution in [0.25, 0.3) is 11.5 Å². The second-order valence-electron chi connectivity index (χ2n) is 7.80. The fraction of sp³-hybridized carbons (Fsp3) is 0.364. The highest BCUT2D eigenvalue weighted by molar-refractivity contribution is 6.33. The second-order valence-corrected chi connectivity index (χ2v) is 8.58. The van der Waals surface area contributed by atoms with E-state index in [9.17, 15) is 9.18 Å². The number of anilines is 1. The Hall–Kier alpha value is -2.91. The monoisotopic (exact) mass is 492 g/mol. The Kier molecular flexibility index (Phi) is 6.71. The Morgan fingerprint density at radius 3 is 2.64 bits per heavy atom. The Balaban J connectivity index is 1.47. The van der Waals surface area contributed by atoms with Crippen LogP contribution in [0.2, 0.25) is 10.0 Å². The van der Waals surface area contributed by atoms with Crippen molar-refractivity contribution in [1.82, 2.24) is 24.6 Å². The lowest BCUT2D eigenvalue weighted by atomic mass is 10.1. The Labute approximate surface area is 200 Å². The number of amides is 1. The van der Waals surface area contributed by atoms with E-state index in [0.29, 0.717) is 53.3 Å². The molecule has 4 rings (SSSR count). The predicted molar refractivity (Wildman–Crippen MR) is 124 cm³/mol. The fourth-order valence-electron chi connectivity index (χ4n) is 3.93. The number of rotatable bonds is 5. The van der Waals surface area contributed by atoms with Crippen LogP contribution >= 0.6 is 23.2 Å². The number of hydrogen-bond donors (Lipinski definition) is 0. The van der Waals surface area contributed by atoms with E-state index in [1.165, 1.54) is 13.2 Å². The van der Waals surface area contributed by atoms with E-state index in [4.69, 9.17) is 27.9 Å². The molecule has 0 radical (unpaired) electrons. The van der Waals surface area contributed by atoms with E-state index >= 15 is 0 Å². The molecule has 8 nitrogen and oxygen atoms in total. The molecule has 0 aliphatic carbocycles. The van der Waals surface area contributed by atoms with Crippen LogP contribution in [-0.4, -0.2) is 63.3 Å². The van der Waals surface area contributed by atoms with E-state index < -0.39 is 5.82 Å². The van der Waals surface area contributed by atoms with Crippen molar-refractivity contribution in [2.24, 2.45) is 0 Å². The quantitative estimate of drug-likeness (QED) is 0.538. The summed E-state index contributed by atoms with van der Waals surface area (Å²) >= 11 is 12.4. The minimum atomic E-state index is -0.426. The molecule has 0 saturated carbocycles. The van der Waals surface area contributed by atoms with Gasteiger partial charge in [-0.3, -0.25) is 9.48 Å². The SMILES string of the molecule is COc1cc(N2CCN(C(=O)Cn3nc(-c4ncccn4)c(Cl)c3C)C(C)C2)c(F)cc1Cl. The van der Waals surface area contributed by atoms with E-state index in [1.807, 2.05) is 11.8 Å². The summed E-state index contributed by atoms with van der Waals surface area (Å²) in [5, 5.41) is 5.10. The summed E-state index contributed by atoms with van der Waals surface area (Å²) in [5.74, 6) is 0.284. The molecule has 1 aliphatic heterocycles. The van der Waals surface area contributed by atoms with Crippen molar-refractivity contribution < 1.29 is 13.9 Å². The van der Waals surface area contributed by atoms with Crippen LogP contribution in [0, 0.1) is 12.7 Å². The molecule has 1 atom stereocenters. The van der Waals surface area contributed by atoms with Gasteiger partial charge in [-0.15, -0.1) is 0 Å². The standard InChI is InChI=1S/C22H23Cl2FN6O2/c1-13-11-29(17-10-18(33-3)15(23)9-16(17)25)7-8-30(13)19(32)12-31-14(2)20(24)21(28-31)22-26-5-4-6-27-22/h4-6,9-10,13H,7-8,11-12H2,1-3H3. The maximum Gasteiger partial charge on any atom is 0.244 e. The van der Waals surface area contributed by atoms with Crippen molar-refractivity contribution in [3.05, 3.63) is 52.1 Å². The van der Waals surface area contributed by atoms with E-state index in [1.54, 1.807) is 41.0 Å². The van der Waals surface area contributed by atoms with Crippen LogP contribution in [0.4, 0.5) is 10.1 Å². The van der Waals surface area contributed by atoms with Gasteiger partial charge in [0.05, 0.1) is 28.5 Å². The van der Waals surface area contributed by atoms with Crippen LogP contribution < -0.4 is 9.64 Å². The number of hydrogen-bond acceptors (Lipinski definition) is 6. The molecule has 33 heavy (non-hydrogen) atoms. The van der Waals surface area contributed by atoms with Crippen LogP contribution in [0.15, 0.2) is 30.6 Å². The maximum absolute atomic E-state index is 14.5. The average molecular weight is 493 g/mol. The molecule has 3 aromatic rings. The van der Waals surface area contributed by atoms with Crippen LogP contribution in [-0.2, 0) is 11.3 Å². The minimum absolute atomic E-state index is 0.0336. The van der Waals surface area contributed by atoms with Crippen LogP contribution in [0.3, 0.4) is 0 Å². The van der Waals surface area contributed by atoms with Crippen molar-refractivity contribution in [3.8, 4) is 17.3 Å². The number of carbonyl (C=O) groups excluding carboxylic acids is 1. The number of nitrogens with zero attached hydrogens (tertiary/aromatic N) is 6. The number of carbonyl (C=O) groups is 1. The Morgan fingerprint density at radius 2 is 1.97 bits per heavy atom. The maximum atomic E-state index is 14.5. The number of halogens is 3. The van der Waals surface area contributed by atoms with Gasteiger partial charge in [0.15, 0.2) is 5.82 Å². The summed E-state index contributed by atoms with van der Waals surface area (Å²) < 4.78 is 21.3. The summed E-state index contributed by atoms with van der Waals surface area (Å²) in [6, 6.07) is 4.40. The van der Waals surface area contributed by atoms with Gasteiger partial charge < -0.3 is 14.5 Å². The number of ether oxygens (including phenoxy) is 1. The first kappa shape index (κ1) is 23.3. The third kappa shape index (κ3) is 4.60. The normalized spacial score (nSPS) is 16.2. The lowest BCUT2D eigenvalue weighted by Gasteiger charge is -2.41. The second kappa shape index (κ2) is 9.52. The summed E-state index contributed by atoms with van der Waals surface area (Å²) in [7, 11) is 1.49. The molecule has 1 aromatic carbocycles. The van der Waals surface area contributed by atoms with E-state index in [0.717, 1.165) is 0 Å². The largest absolute Gasteiger partial charge is 0.495 e. The molecule has 1 saturated heterocycles. The van der Waals surface area contributed by atoms with Gasteiger partial charge in [0.25, 0.3) is 0 Å². The highest BCUT2D eigenvalue weighted by atomic mass is 35.5. The van der Waals surface area contributed by atoms with Crippen molar-refractivity contribution in [3.63, 3.8) is 0 Å². The van der Waals surface area contributed by atoms with Gasteiger partial charge in [0.1, 0.15) is 23.8 Å². The molecular weight excluding hydrogens is 470 g/mol. The van der Waals surface area contributed by atoms with Gasteiger partial charge in [0.2, 0.25) is 5.91 Å². The number of methoxy groups -OCH3 is 1. The zero-order chi connectivity index (χ0) is 23.7. The molecular formula is C22H23Cl2FN6O2. The van der Waals surface area contributed by atoms with Gasteiger partial charge in [0, 0.05) is 44.1 Å². The van der Waals surface area contributed by atoms with Crippen LogP contribution in [0.5, 0.6) is 5.75 Å². The van der Waals surface area contributed by atoms with Crippen molar-refractivity contribution in [2.75, 3.05) is 31.6 Å². The molecule has 174 valence electrons. The Morgan fingerprint density at radius 1 is 1.24 bits per heavy atom. The predicted octanol–water partition coefficient (Wildman–Crippen LogP) is 3.84. The van der Waals surface area contributed by atoms with Gasteiger partial charge in [-0.2, -0.15) is 5.10 Å². The number of aromatic nitrogens is 4. The van der Waals surface area contributed by atoms with Crippen molar-refractivity contribution in [2.45, 2.75) is 26.4 Å². The highest BCUT2D eigenvalue weighted by Crippen LogP contribution is 2.33. The summed E-state index contributed by atoms with van der Waals surface area (Å²) in [6.07, 6.45) is 3.22. The molecule has 2 aromatic heterocycles. The summed E-state index contributed by atoms with van der Waals surface area (Å²) in [4.78, 5) is 25.1. The van der Waals surface area contributed by atoms with Gasteiger partial charge >= 0.3 is 0 Å². The zero-order valence-corrected chi connectivity index (χ0v) is 19.9. The number of benzene rings is 1. The average Bonchev–Trinajstić information content (AvgIpc) is 3.08. The van der Waals surface area contributed by atoms with Gasteiger partial charge in [-0.05, 0) is 26.0 Å². The van der Waals surface area contributed by atoms with Gasteiger partial charge in [-0.1, -0.05) is 23.2 Å². The molecule has 0 spiro atoms. The Bertz CT molecular complexity index is 1170. The smallest absolute Gasteiger partial charge is 0.244 e. The lowest BCUT2D eigenvalue weighted by Crippen LogP contribution is -2.55. The van der Waals surface area contributed by atoms with Crippen molar-refractivity contribution in [1.29, 1.82) is 0 Å². The molecule has 3 heterocycles. The van der Waals surface area contributed by atoms with Gasteiger partial charge in [-0.25, -0.2) is 14.4 Å². The highest BCUT2D eigenvalue weighted by Gasteiger charge is 2.30. The topological polar surface area (TPSA) is 76.4 Å². The summed E-state index contributed by atoms with van der Waals surface area (Å²) in [6.45, 7) is 5.14. The molecule has 1 unspecified atom stereocenters. The minimum Gasteiger partial charge on any atom is -0.495 e. The van der Waals surface area contributed by atoms with E-state index in [-0.39, 0.29) is 23.5 Å². The summed E-state index contributed by atoms with van der Waals surface area (Å²) in [5.41, 5.74) is 1.50. The first-order chi connectivity index (χ1) is 15.8. The molecule has 1 amide bonds. The molecule has 0 N–H and O–H groups in total. The fourth-order valence-corrected chi connectivity index (χ4v) is 4.37. The first-order valence-corrected chi connectivity index (χ1v) is 11.1. The lowest BCUT2D eigenvalue weighted by molar-refractivity contribution is -0.134. The number of piperazine rings is 1. The molecule has 0 bridgehead atoms.